The summed E-state index contributed by atoms with van der Waals surface area (Å²) in [6.07, 6.45) is 0. The van der Waals surface area contributed by atoms with Gasteiger partial charge in [0.2, 0.25) is 3.24 Å². The van der Waals surface area contributed by atoms with Gasteiger partial charge in [0.1, 0.15) is 0 Å². The molecule has 0 aromatic rings. The first kappa shape index (κ1) is 8.47. The van der Waals surface area contributed by atoms with Crippen LogP contribution >= 0.6 is 55.1 Å². The highest BCUT2D eigenvalue weighted by Crippen LogP contribution is 2.37. The van der Waals surface area contributed by atoms with E-state index in [4.69, 9.17) is 23.2 Å². The van der Waals surface area contributed by atoms with E-state index in [1.54, 1.807) is 0 Å². The van der Waals surface area contributed by atoms with Crippen molar-refractivity contribution in [3.8, 4) is 0 Å². The average molecular weight is 275 g/mol. The van der Waals surface area contributed by atoms with Crippen molar-refractivity contribution in [2.45, 2.75) is 8.32 Å². The van der Waals surface area contributed by atoms with Gasteiger partial charge in [0.25, 0.3) is 0 Å². The minimum absolute atomic E-state index is 1.44. The number of hydrogen-bond donors (Lipinski definition) is 0. The third-order valence-corrected chi connectivity index (χ3v) is 2.86. The summed E-state index contributed by atoms with van der Waals surface area (Å²) in [5.74, 6) is 0. The van der Waals surface area contributed by atoms with E-state index in [1.165, 1.54) is 0 Å². The van der Waals surface area contributed by atoms with Crippen LogP contribution in [0.1, 0.15) is 0 Å². The molecule has 0 bridgehead atoms. The highest BCUT2D eigenvalue weighted by molar-refractivity contribution is 9.13. The van der Waals surface area contributed by atoms with E-state index in [2.05, 4.69) is 31.9 Å². The maximum absolute atomic E-state index is 11.8. The lowest BCUT2D eigenvalue weighted by atomic mass is 10.9. The zero-order valence-corrected chi connectivity index (χ0v) is 7.65. The molecule has 0 radical (unpaired) electrons. The quantitative estimate of drug-likeness (QED) is 0.644. The number of alkyl halides is 5. The highest BCUT2D eigenvalue weighted by atomic mass is 79.9. The molecule has 44 valence electrons. The number of rotatable bonds is 1. The van der Waals surface area contributed by atoms with Crippen LogP contribution in [0.3, 0.4) is 0 Å². The number of halogens is 5. The Labute approximate surface area is 67.6 Å². The van der Waals surface area contributed by atoms with Crippen LogP contribution in [0, 0.1) is 0 Å². The second-order valence-electron chi connectivity index (χ2n) is 0.842. The van der Waals surface area contributed by atoms with Crippen LogP contribution in [0.25, 0.3) is 0 Å². The standard InChI is InChI=1S/C2HBr2Cl2F/c3-1(7)2(4,5)6/h1H. The Balaban J connectivity index is 3.54. The summed E-state index contributed by atoms with van der Waals surface area (Å²) in [6.45, 7) is 0. The smallest absolute Gasteiger partial charge is 0.212 e. The Morgan fingerprint density at radius 3 is 1.71 bits per heavy atom. The van der Waals surface area contributed by atoms with Gasteiger partial charge in [-0.15, -0.1) is 0 Å². The molecular formula is C2HBr2Cl2F. The second-order valence-corrected chi connectivity index (χ2v) is 5.20. The lowest BCUT2D eigenvalue weighted by Crippen LogP contribution is -2.11. The summed E-state index contributed by atoms with van der Waals surface area (Å²) < 4.78 is 10.3. The third kappa shape index (κ3) is 4.01. The van der Waals surface area contributed by atoms with Gasteiger partial charge >= 0.3 is 0 Å². The van der Waals surface area contributed by atoms with Gasteiger partial charge in [-0.2, -0.15) is 0 Å². The van der Waals surface area contributed by atoms with Gasteiger partial charge in [0.05, 0.1) is 0 Å². The molecule has 0 saturated heterocycles. The Morgan fingerprint density at radius 1 is 1.57 bits per heavy atom. The minimum Gasteiger partial charge on any atom is -0.231 e. The molecule has 0 N–H and O–H groups in total. The lowest BCUT2D eigenvalue weighted by molar-refractivity contribution is 0.473. The third-order valence-electron chi connectivity index (χ3n) is 0.247. The summed E-state index contributed by atoms with van der Waals surface area (Å²) in [4.78, 5) is 0. The van der Waals surface area contributed by atoms with E-state index in [0.29, 0.717) is 0 Å². The van der Waals surface area contributed by atoms with E-state index in [-0.39, 0.29) is 0 Å². The zero-order valence-electron chi connectivity index (χ0n) is 2.97. The lowest BCUT2D eigenvalue weighted by Gasteiger charge is -2.08. The molecule has 0 heterocycles. The van der Waals surface area contributed by atoms with E-state index >= 15 is 0 Å². The monoisotopic (exact) mass is 272 g/mol. The van der Waals surface area contributed by atoms with Crippen LogP contribution in [0.4, 0.5) is 4.39 Å². The Morgan fingerprint density at radius 2 is 1.71 bits per heavy atom. The fourth-order valence-electron chi connectivity index (χ4n) is 0. The van der Waals surface area contributed by atoms with Gasteiger partial charge in [-0.05, 0) is 31.9 Å². The molecule has 0 rings (SSSR count). The molecule has 0 aliphatic carbocycles. The van der Waals surface area contributed by atoms with Gasteiger partial charge in [0.15, 0.2) is 5.08 Å². The van der Waals surface area contributed by atoms with Crippen LogP contribution in [0.15, 0.2) is 0 Å². The molecule has 0 nitrogen and oxygen atoms in total. The fourth-order valence-corrected chi connectivity index (χ4v) is 0. The molecule has 5 heteroatoms. The first-order valence-electron chi connectivity index (χ1n) is 1.29. The fraction of sp³-hybridized carbons (Fsp3) is 1.00. The van der Waals surface area contributed by atoms with Gasteiger partial charge in [-0.1, -0.05) is 23.2 Å². The molecule has 0 aromatic carbocycles. The Kier molecular flexibility index (Phi) is 3.45. The largest absolute Gasteiger partial charge is 0.231 e. The van der Waals surface area contributed by atoms with Gasteiger partial charge in [-0.25, -0.2) is 4.39 Å². The van der Waals surface area contributed by atoms with Crippen molar-refractivity contribution in [1.82, 2.24) is 0 Å². The van der Waals surface area contributed by atoms with Gasteiger partial charge < -0.3 is 0 Å². The molecule has 1 unspecified atom stereocenters. The highest BCUT2D eigenvalue weighted by Gasteiger charge is 2.28. The molecule has 0 aromatic heterocycles. The van der Waals surface area contributed by atoms with Crippen molar-refractivity contribution in [2.24, 2.45) is 0 Å². The SMILES string of the molecule is FC(Br)C(Cl)(Cl)Br. The van der Waals surface area contributed by atoms with Gasteiger partial charge in [0, 0.05) is 0 Å². The van der Waals surface area contributed by atoms with Crippen molar-refractivity contribution >= 4 is 55.1 Å². The maximum Gasteiger partial charge on any atom is 0.212 e. The molecule has 0 amide bonds. The molecular weight excluding hydrogens is 274 g/mol. The molecule has 7 heavy (non-hydrogen) atoms. The molecule has 0 saturated carbocycles. The summed E-state index contributed by atoms with van der Waals surface area (Å²) in [6, 6.07) is 0. The van der Waals surface area contributed by atoms with E-state index in [9.17, 15) is 4.39 Å². The molecule has 0 spiro atoms. The maximum atomic E-state index is 11.8. The van der Waals surface area contributed by atoms with Crippen LogP contribution in [-0.4, -0.2) is 8.32 Å². The Hall–Kier alpha value is 1.47. The summed E-state index contributed by atoms with van der Waals surface area (Å²) in [5.41, 5.74) is 0. The van der Waals surface area contributed by atoms with Crippen molar-refractivity contribution in [3.63, 3.8) is 0 Å². The Bertz CT molecular complexity index is 59.2. The van der Waals surface area contributed by atoms with Crippen LogP contribution in [-0.2, 0) is 0 Å². The van der Waals surface area contributed by atoms with Crippen molar-refractivity contribution in [3.05, 3.63) is 0 Å². The van der Waals surface area contributed by atoms with Crippen LogP contribution < -0.4 is 0 Å². The van der Waals surface area contributed by atoms with E-state index in [0.717, 1.165) is 0 Å². The van der Waals surface area contributed by atoms with Gasteiger partial charge in [-0.3, -0.25) is 0 Å². The normalized spacial score (nSPS) is 16.7. The topological polar surface area (TPSA) is 0 Å². The molecule has 0 aliphatic heterocycles. The predicted octanol–water partition coefficient (Wildman–Crippen LogP) is 3.20. The van der Waals surface area contributed by atoms with Crippen molar-refractivity contribution in [2.75, 3.05) is 0 Å². The summed E-state index contributed by atoms with van der Waals surface area (Å²) >= 11 is 15.4. The molecule has 0 aliphatic rings. The predicted molar refractivity (Wildman–Crippen MR) is 37.2 cm³/mol. The summed E-state index contributed by atoms with van der Waals surface area (Å²) in [5, 5.41) is -1.44. The first-order chi connectivity index (χ1) is 2.94. The second kappa shape index (κ2) is 2.85. The minimum atomic E-state index is -1.49. The zero-order chi connectivity index (χ0) is 6.08. The van der Waals surface area contributed by atoms with E-state index in [1.807, 2.05) is 0 Å². The first-order valence-corrected chi connectivity index (χ1v) is 3.76. The summed E-state index contributed by atoms with van der Waals surface area (Å²) in [7, 11) is 0. The molecule has 1 atom stereocenters. The van der Waals surface area contributed by atoms with Crippen LogP contribution in [0.2, 0.25) is 0 Å². The van der Waals surface area contributed by atoms with Crippen LogP contribution in [0.5, 0.6) is 0 Å². The van der Waals surface area contributed by atoms with Crippen molar-refractivity contribution < 1.29 is 4.39 Å². The molecule has 0 fully saturated rings. The average Bonchev–Trinajstić information content (AvgIpc) is 1.31. The van der Waals surface area contributed by atoms with E-state index < -0.39 is 8.32 Å². The number of hydrogen-bond acceptors (Lipinski definition) is 0. The van der Waals surface area contributed by atoms with Crippen molar-refractivity contribution in [1.29, 1.82) is 0 Å².